The van der Waals surface area contributed by atoms with Gasteiger partial charge in [0.05, 0.1) is 18.0 Å². The van der Waals surface area contributed by atoms with Crippen LogP contribution in [0.15, 0.2) is 24.3 Å². The number of nitrogens with zero attached hydrogens (tertiary/aromatic N) is 2. The van der Waals surface area contributed by atoms with E-state index in [-0.39, 0.29) is 12.3 Å². The molecular formula is C13H13F2N2O3. The molecule has 0 fully saturated rings. The number of halogens is 2. The Morgan fingerprint density at radius 3 is 2.75 bits per heavy atom. The van der Waals surface area contributed by atoms with Crippen molar-refractivity contribution >= 4 is 23.3 Å². The summed E-state index contributed by atoms with van der Waals surface area (Å²) in [4.78, 5) is 24.4. The van der Waals surface area contributed by atoms with E-state index < -0.39 is 23.8 Å². The number of esters is 1. The molecule has 7 heteroatoms. The van der Waals surface area contributed by atoms with E-state index in [0.29, 0.717) is 5.69 Å². The molecule has 1 aromatic rings. The Labute approximate surface area is 114 Å². The molecule has 1 aliphatic rings. The second-order valence-electron chi connectivity index (χ2n) is 4.26. The van der Waals surface area contributed by atoms with E-state index in [1.807, 2.05) is 0 Å². The van der Waals surface area contributed by atoms with Gasteiger partial charge in [0.1, 0.15) is 0 Å². The van der Waals surface area contributed by atoms with E-state index in [9.17, 15) is 18.4 Å². The lowest BCUT2D eigenvalue weighted by Crippen LogP contribution is -2.57. The van der Waals surface area contributed by atoms with Gasteiger partial charge in [-0.25, -0.2) is 4.79 Å². The number of rotatable bonds is 3. The predicted molar refractivity (Wildman–Crippen MR) is 67.0 cm³/mol. The van der Waals surface area contributed by atoms with E-state index >= 15 is 0 Å². The first-order chi connectivity index (χ1) is 9.39. The molecule has 0 spiro atoms. The lowest BCUT2D eigenvalue weighted by atomic mass is 10.0. The van der Waals surface area contributed by atoms with Gasteiger partial charge in [-0.2, -0.15) is 8.78 Å². The number of anilines is 1. The van der Waals surface area contributed by atoms with Crippen molar-refractivity contribution in [3.8, 4) is 0 Å². The number of carbonyl (C=O) groups excluding carboxylic acids is 2. The molecule has 1 heterocycles. The first-order valence-corrected chi connectivity index (χ1v) is 6.02. The van der Waals surface area contributed by atoms with Crippen LogP contribution in [0, 0.1) is 0 Å². The molecule has 1 amide bonds. The Morgan fingerprint density at radius 1 is 1.45 bits per heavy atom. The van der Waals surface area contributed by atoms with Crippen LogP contribution in [-0.2, 0) is 14.3 Å². The number of para-hydroxylation sites is 2. The number of hydrogen-bond acceptors (Lipinski definition) is 3. The van der Waals surface area contributed by atoms with Crippen LogP contribution >= 0.6 is 0 Å². The maximum atomic E-state index is 14.0. The maximum absolute atomic E-state index is 14.0. The highest BCUT2D eigenvalue weighted by Crippen LogP contribution is 2.35. The fraction of sp³-hybridized carbons (Fsp3) is 0.385. The van der Waals surface area contributed by atoms with E-state index in [0.717, 1.165) is 4.90 Å². The highest BCUT2D eigenvalue weighted by molar-refractivity contribution is 6.05. The maximum Gasteiger partial charge on any atom is 0.379 e. The molecule has 0 aliphatic carbocycles. The Hall–Kier alpha value is -2.18. The highest BCUT2D eigenvalue weighted by atomic mass is 19.3. The molecule has 107 valence electrons. The van der Waals surface area contributed by atoms with Crippen molar-refractivity contribution in [2.75, 3.05) is 18.6 Å². The van der Waals surface area contributed by atoms with Crippen molar-refractivity contribution in [1.29, 1.82) is 0 Å². The summed E-state index contributed by atoms with van der Waals surface area (Å²) in [5.41, 5.74) is 0.664. The van der Waals surface area contributed by atoms with Crippen LogP contribution < -0.4 is 10.2 Å². The van der Waals surface area contributed by atoms with E-state index in [1.54, 1.807) is 18.2 Å². The highest BCUT2D eigenvalue weighted by Gasteiger charge is 2.56. The second-order valence-corrected chi connectivity index (χ2v) is 4.26. The largest absolute Gasteiger partial charge is 0.461 e. The molecule has 1 atom stereocenters. The van der Waals surface area contributed by atoms with E-state index in [2.05, 4.69) is 10.1 Å². The summed E-state index contributed by atoms with van der Waals surface area (Å²) in [6, 6.07) is 4.29. The summed E-state index contributed by atoms with van der Waals surface area (Å²) in [6.07, 6.45) is 0. The molecule has 20 heavy (non-hydrogen) atoms. The Balaban J connectivity index is 2.35. The van der Waals surface area contributed by atoms with E-state index in [1.165, 1.54) is 20.0 Å². The van der Waals surface area contributed by atoms with Crippen molar-refractivity contribution in [2.24, 2.45) is 0 Å². The van der Waals surface area contributed by atoms with Gasteiger partial charge in [0.2, 0.25) is 6.04 Å². The summed E-state index contributed by atoms with van der Waals surface area (Å²) < 4.78 is 32.3. The molecule has 2 rings (SSSR count). The zero-order chi connectivity index (χ0) is 14.9. The van der Waals surface area contributed by atoms with Crippen LogP contribution in [0.5, 0.6) is 0 Å². The minimum atomic E-state index is -3.99. The molecule has 0 unspecified atom stereocenters. The Kier molecular flexibility index (Phi) is 3.61. The third kappa shape index (κ3) is 2.19. The van der Waals surface area contributed by atoms with Crippen LogP contribution in [0.1, 0.15) is 6.92 Å². The zero-order valence-corrected chi connectivity index (χ0v) is 11.0. The number of amides is 1. The molecule has 0 aromatic heterocycles. The molecular weight excluding hydrogens is 270 g/mol. The fourth-order valence-electron chi connectivity index (χ4n) is 1.93. The standard InChI is InChI=1S/C13H13F2N2O3/c1-3-20-12(19)13(14,15)10-11(18)17(2)9-7-5-4-6-8(9)16-10/h4-7,10H,3H2,1-2H3/t10-/m1/s1. The van der Waals surface area contributed by atoms with Crippen LogP contribution in [0.3, 0.4) is 0 Å². The summed E-state index contributed by atoms with van der Waals surface area (Å²) in [5.74, 6) is -6.67. The average molecular weight is 283 g/mol. The third-order valence-corrected chi connectivity index (χ3v) is 2.97. The quantitative estimate of drug-likeness (QED) is 0.789. The SMILES string of the molecule is CCOC(=O)C(F)(F)[C@@H]1[N]c2ccccc2N(C)C1=O. The molecule has 0 bridgehead atoms. The molecule has 0 N–H and O–H groups in total. The molecule has 0 saturated heterocycles. The molecule has 0 saturated carbocycles. The van der Waals surface area contributed by atoms with Crippen LogP contribution in [-0.4, -0.2) is 37.5 Å². The van der Waals surface area contributed by atoms with Gasteiger partial charge in [-0.3, -0.25) is 10.1 Å². The van der Waals surface area contributed by atoms with Crippen LogP contribution in [0.25, 0.3) is 0 Å². The Morgan fingerprint density at radius 2 is 2.10 bits per heavy atom. The van der Waals surface area contributed by atoms with Crippen molar-refractivity contribution in [1.82, 2.24) is 5.32 Å². The molecule has 1 aliphatic heterocycles. The molecule has 5 nitrogen and oxygen atoms in total. The minimum Gasteiger partial charge on any atom is -0.461 e. The van der Waals surface area contributed by atoms with Crippen molar-refractivity contribution < 1.29 is 23.1 Å². The monoisotopic (exact) mass is 283 g/mol. The first-order valence-electron chi connectivity index (χ1n) is 6.02. The lowest BCUT2D eigenvalue weighted by Gasteiger charge is -2.33. The first kappa shape index (κ1) is 14.2. The lowest BCUT2D eigenvalue weighted by molar-refractivity contribution is -0.177. The second kappa shape index (κ2) is 5.07. The number of ether oxygens (including phenoxy) is 1. The van der Waals surface area contributed by atoms with Gasteiger partial charge < -0.3 is 9.64 Å². The number of fused-ring (bicyclic) bond motifs is 1. The van der Waals surface area contributed by atoms with Gasteiger partial charge in [-0.1, -0.05) is 12.1 Å². The van der Waals surface area contributed by atoms with Gasteiger partial charge in [0, 0.05) is 7.05 Å². The van der Waals surface area contributed by atoms with Gasteiger partial charge in [0.15, 0.2) is 0 Å². The van der Waals surface area contributed by atoms with Crippen LogP contribution in [0.4, 0.5) is 20.2 Å². The molecule has 1 radical (unpaired) electrons. The number of likely N-dealkylation sites (N-methyl/N-ethyl adjacent to an activating group) is 1. The number of benzene rings is 1. The number of carbonyl (C=O) groups is 2. The average Bonchev–Trinajstić information content (AvgIpc) is 2.43. The van der Waals surface area contributed by atoms with Crippen molar-refractivity contribution in [2.45, 2.75) is 18.9 Å². The third-order valence-electron chi connectivity index (χ3n) is 2.97. The smallest absolute Gasteiger partial charge is 0.379 e. The van der Waals surface area contributed by atoms with E-state index in [4.69, 9.17) is 0 Å². The van der Waals surface area contributed by atoms with Gasteiger partial charge >= 0.3 is 11.9 Å². The van der Waals surface area contributed by atoms with Gasteiger partial charge in [-0.15, -0.1) is 0 Å². The summed E-state index contributed by atoms with van der Waals surface area (Å²) in [5, 5.41) is 3.71. The van der Waals surface area contributed by atoms with Gasteiger partial charge in [-0.05, 0) is 19.1 Å². The van der Waals surface area contributed by atoms with Crippen molar-refractivity contribution in [3.63, 3.8) is 0 Å². The summed E-state index contributed by atoms with van der Waals surface area (Å²) in [7, 11) is 1.37. The normalized spacial score (nSPS) is 18.3. The topological polar surface area (TPSA) is 60.7 Å². The zero-order valence-electron chi connectivity index (χ0n) is 11.0. The summed E-state index contributed by atoms with van der Waals surface area (Å²) in [6.45, 7) is 1.22. The van der Waals surface area contributed by atoms with Crippen molar-refractivity contribution in [3.05, 3.63) is 24.3 Å². The number of alkyl halides is 2. The fourth-order valence-corrected chi connectivity index (χ4v) is 1.93. The minimum absolute atomic E-state index is 0.193. The number of hydrogen-bond donors (Lipinski definition) is 0. The summed E-state index contributed by atoms with van der Waals surface area (Å²) >= 11 is 0. The van der Waals surface area contributed by atoms with Gasteiger partial charge in [0.25, 0.3) is 5.91 Å². The Bertz CT molecular complexity index is 548. The van der Waals surface area contributed by atoms with Crippen LogP contribution in [0.2, 0.25) is 0 Å². The molecule has 1 aromatic carbocycles. The predicted octanol–water partition coefficient (Wildman–Crippen LogP) is 1.47.